The van der Waals surface area contributed by atoms with Gasteiger partial charge in [-0.15, -0.1) is 0 Å². The lowest BCUT2D eigenvalue weighted by Crippen LogP contribution is -2.43. The highest BCUT2D eigenvalue weighted by Crippen LogP contribution is 2.28. The number of aliphatic imine (C=N–C) groups is 1. The van der Waals surface area contributed by atoms with Crippen LogP contribution in [0.5, 0.6) is 0 Å². The predicted molar refractivity (Wildman–Crippen MR) is 96.0 cm³/mol. The summed E-state index contributed by atoms with van der Waals surface area (Å²) in [5, 5.41) is 17.1. The van der Waals surface area contributed by atoms with E-state index < -0.39 is 5.60 Å². The molecule has 0 heterocycles. The number of methoxy groups -OCH3 is 1. The molecule has 6 nitrogen and oxygen atoms in total. The first-order valence-electron chi connectivity index (χ1n) is 9.01. The summed E-state index contributed by atoms with van der Waals surface area (Å²) in [6.45, 7) is 7.01. The predicted octanol–water partition coefficient (Wildman–Crippen LogP) is 1.21. The third-order valence-electron chi connectivity index (χ3n) is 4.33. The highest BCUT2D eigenvalue weighted by Gasteiger charge is 2.28. The quantitative estimate of drug-likeness (QED) is 0.319. The molecule has 1 fully saturated rings. The van der Waals surface area contributed by atoms with Crippen LogP contribution in [0.4, 0.5) is 0 Å². The van der Waals surface area contributed by atoms with Crippen molar-refractivity contribution in [1.29, 1.82) is 0 Å². The van der Waals surface area contributed by atoms with Gasteiger partial charge in [-0.25, -0.2) is 0 Å². The van der Waals surface area contributed by atoms with Gasteiger partial charge in [0.05, 0.1) is 12.1 Å². The standard InChI is InChI=1S/C17H36N4O2/c1-4-18-16(19-11-13-21(2)12-8-14-23-3)20-15-17(22)9-6-5-7-10-17/h22H,4-15H2,1-3H3,(H2,18,19,20). The second kappa shape index (κ2) is 11.6. The second-order valence-corrected chi connectivity index (χ2v) is 6.56. The summed E-state index contributed by atoms with van der Waals surface area (Å²) in [6, 6.07) is 0. The van der Waals surface area contributed by atoms with Gasteiger partial charge in [0.15, 0.2) is 5.96 Å². The highest BCUT2D eigenvalue weighted by atomic mass is 16.5. The number of guanidine groups is 1. The van der Waals surface area contributed by atoms with Gasteiger partial charge < -0.3 is 25.4 Å². The topological polar surface area (TPSA) is 69.1 Å². The Bertz CT molecular complexity index is 331. The van der Waals surface area contributed by atoms with Crippen molar-refractivity contribution in [3.8, 4) is 0 Å². The Morgan fingerprint density at radius 2 is 1.96 bits per heavy atom. The number of likely N-dealkylation sites (N-methyl/N-ethyl adjacent to an activating group) is 1. The van der Waals surface area contributed by atoms with Crippen molar-refractivity contribution in [2.45, 2.75) is 51.0 Å². The summed E-state index contributed by atoms with van der Waals surface area (Å²) in [6.07, 6.45) is 6.26. The maximum atomic E-state index is 10.5. The lowest BCUT2D eigenvalue weighted by Gasteiger charge is -2.30. The van der Waals surface area contributed by atoms with Gasteiger partial charge in [0.2, 0.25) is 0 Å². The molecule has 23 heavy (non-hydrogen) atoms. The van der Waals surface area contributed by atoms with Gasteiger partial charge >= 0.3 is 0 Å². The zero-order valence-corrected chi connectivity index (χ0v) is 15.2. The van der Waals surface area contributed by atoms with Crippen molar-refractivity contribution in [3.63, 3.8) is 0 Å². The van der Waals surface area contributed by atoms with E-state index >= 15 is 0 Å². The van der Waals surface area contributed by atoms with Crippen LogP contribution in [0.25, 0.3) is 0 Å². The third-order valence-corrected chi connectivity index (χ3v) is 4.33. The van der Waals surface area contributed by atoms with E-state index in [1.165, 1.54) is 6.42 Å². The summed E-state index contributed by atoms with van der Waals surface area (Å²) in [7, 11) is 3.85. The molecule has 0 bridgehead atoms. The average molecular weight is 329 g/mol. The Balaban J connectivity index is 2.31. The highest BCUT2D eigenvalue weighted by molar-refractivity contribution is 5.79. The van der Waals surface area contributed by atoms with E-state index in [1.54, 1.807) is 7.11 Å². The summed E-state index contributed by atoms with van der Waals surface area (Å²) >= 11 is 0. The second-order valence-electron chi connectivity index (χ2n) is 6.56. The number of hydrogen-bond acceptors (Lipinski definition) is 4. The van der Waals surface area contributed by atoms with Crippen LogP contribution in [0.15, 0.2) is 4.99 Å². The monoisotopic (exact) mass is 328 g/mol. The molecule has 136 valence electrons. The normalized spacial score (nSPS) is 18.2. The van der Waals surface area contributed by atoms with Crippen LogP contribution >= 0.6 is 0 Å². The molecule has 0 amide bonds. The van der Waals surface area contributed by atoms with Gasteiger partial charge in [0, 0.05) is 39.9 Å². The summed E-state index contributed by atoms with van der Waals surface area (Å²) < 4.78 is 5.07. The largest absolute Gasteiger partial charge is 0.388 e. The molecule has 0 aromatic heterocycles. The third kappa shape index (κ3) is 9.13. The van der Waals surface area contributed by atoms with Gasteiger partial charge in [0.1, 0.15) is 0 Å². The molecule has 0 radical (unpaired) electrons. The van der Waals surface area contributed by atoms with E-state index in [4.69, 9.17) is 4.74 Å². The first-order valence-corrected chi connectivity index (χ1v) is 9.01. The molecule has 6 heteroatoms. The minimum absolute atomic E-state index is 0.492. The molecule has 0 aliphatic heterocycles. The first-order chi connectivity index (χ1) is 11.1. The fourth-order valence-electron chi connectivity index (χ4n) is 2.89. The van der Waals surface area contributed by atoms with Gasteiger partial charge in [-0.3, -0.25) is 4.99 Å². The van der Waals surface area contributed by atoms with Gasteiger partial charge in [-0.2, -0.15) is 0 Å². The molecular weight excluding hydrogens is 292 g/mol. The van der Waals surface area contributed by atoms with Crippen LogP contribution in [0, 0.1) is 0 Å². The Morgan fingerprint density at radius 1 is 1.22 bits per heavy atom. The fourth-order valence-corrected chi connectivity index (χ4v) is 2.89. The van der Waals surface area contributed by atoms with Gasteiger partial charge in [0.25, 0.3) is 0 Å². The molecule has 0 unspecified atom stereocenters. The molecule has 3 N–H and O–H groups in total. The molecule has 0 aromatic rings. The molecule has 0 aromatic carbocycles. The van der Waals surface area contributed by atoms with Crippen LogP contribution < -0.4 is 10.6 Å². The Hall–Kier alpha value is -0.850. The first kappa shape index (κ1) is 20.2. The van der Waals surface area contributed by atoms with Crippen LogP contribution in [-0.4, -0.2) is 75.1 Å². The van der Waals surface area contributed by atoms with E-state index in [0.717, 1.165) is 70.8 Å². The zero-order valence-electron chi connectivity index (χ0n) is 15.2. The average Bonchev–Trinajstić information content (AvgIpc) is 2.54. The van der Waals surface area contributed by atoms with Crippen LogP contribution in [-0.2, 0) is 4.74 Å². The summed E-state index contributed by atoms with van der Waals surface area (Å²) in [5.41, 5.74) is -0.600. The van der Waals surface area contributed by atoms with Crippen molar-refractivity contribution < 1.29 is 9.84 Å². The SMILES string of the molecule is CCNC(=NCC1(O)CCCCC1)NCCN(C)CCCOC. The molecule has 0 spiro atoms. The molecule has 1 rings (SSSR count). The Kier molecular flexibility index (Phi) is 10.2. The Morgan fingerprint density at radius 3 is 2.61 bits per heavy atom. The van der Waals surface area contributed by atoms with E-state index in [2.05, 4.69) is 34.5 Å². The van der Waals surface area contributed by atoms with Crippen molar-refractivity contribution in [2.75, 3.05) is 53.5 Å². The molecule has 0 saturated heterocycles. The molecular formula is C17H36N4O2. The van der Waals surface area contributed by atoms with E-state index in [1.807, 2.05) is 0 Å². The van der Waals surface area contributed by atoms with Crippen LogP contribution in [0.2, 0.25) is 0 Å². The lowest BCUT2D eigenvalue weighted by atomic mass is 9.85. The number of ether oxygens (including phenoxy) is 1. The van der Waals surface area contributed by atoms with E-state index in [9.17, 15) is 5.11 Å². The van der Waals surface area contributed by atoms with Gasteiger partial charge in [-0.1, -0.05) is 19.3 Å². The minimum atomic E-state index is -0.600. The smallest absolute Gasteiger partial charge is 0.191 e. The summed E-state index contributed by atoms with van der Waals surface area (Å²) in [4.78, 5) is 6.87. The number of aliphatic hydroxyl groups is 1. The van der Waals surface area contributed by atoms with Crippen molar-refractivity contribution in [2.24, 2.45) is 4.99 Å². The number of nitrogens with one attached hydrogen (secondary N) is 2. The summed E-state index contributed by atoms with van der Waals surface area (Å²) in [5.74, 6) is 0.803. The Labute approximate surface area is 141 Å². The van der Waals surface area contributed by atoms with Crippen molar-refractivity contribution in [1.82, 2.24) is 15.5 Å². The number of hydrogen-bond donors (Lipinski definition) is 3. The van der Waals surface area contributed by atoms with Gasteiger partial charge in [-0.05, 0) is 33.2 Å². The molecule has 1 aliphatic rings. The van der Waals surface area contributed by atoms with E-state index in [0.29, 0.717) is 6.54 Å². The fraction of sp³-hybridized carbons (Fsp3) is 0.941. The molecule has 0 atom stereocenters. The number of rotatable bonds is 10. The van der Waals surface area contributed by atoms with Crippen molar-refractivity contribution >= 4 is 5.96 Å². The molecule has 1 aliphatic carbocycles. The van der Waals surface area contributed by atoms with Crippen LogP contribution in [0.3, 0.4) is 0 Å². The maximum Gasteiger partial charge on any atom is 0.191 e. The zero-order chi connectivity index (χ0) is 17.0. The maximum absolute atomic E-state index is 10.5. The van der Waals surface area contributed by atoms with Crippen LogP contribution in [0.1, 0.15) is 45.4 Å². The van der Waals surface area contributed by atoms with E-state index in [-0.39, 0.29) is 0 Å². The minimum Gasteiger partial charge on any atom is -0.388 e. The molecule has 1 saturated carbocycles. The van der Waals surface area contributed by atoms with Crippen molar-refractivity contribution in [3.05, 3.63) is 0 Å². The number of nitrogens with zero attached hydrogens (tertiary/aromatic N) is 2. The lowest BCUT2D eigenvalue weighted by molar-refractivity contribution is 0.0131.